The van der Waals surface area contributed by atoms with E-state index in [0.29, 0.717) is 5.57 Å². The van der Waals surface area contributed by atoms with Crippen molar-refractivity contribution < 1.29 is 33.9 Å². The highest BCUT2D eigenvalue weighted by molar-refractivity contribution is 6.25. The molecule has 158 valence electrons. The molecule has 4 aliphatic rings. The Morgan fingerprint density at radius 1 is 1.27 bits per heavy atom. The smallest absolute Gasteiger partial charge is 0.335 e. The number of carbonyl (C=O) groups is 4. The van der Waals surface area contributed by atoms with Crippen LogP contribution in [-0.4, -0.2) is 41.7 Å². The molecule has 10 heteroatoms. The maximum absolute atomic E-state index is 13.3. The van der Waals surface area contributed by atoms with Crippen molar-refractivity contribution in [3.05, 3.63) is 40.6 Å². The lowest BCUT2D eigenvalue weighted by molar-refractivity contribution is -0.184. The Balaban J connectivity index is 1.80. The van der Waals surface area contributed by atoms with Crippen molar-refractivity contribution in [2.45, 2.75) is 26.9 Å². The van der Waals surface area contributed by atoms with Gasteiger partial charge in [0.05, 0.1) is 35.4 Å². The minimum atomic E-state index is -1.66. The second-order valence-corrected chi connectivity index (χ2v) is 7.61. The molecular weight excluding hydrogens is 396 g/mol. The molecule has 2 bridgehead atoms. The van der Waals surface area contributed by atoms with Crippen LogP contribution in [0.3, 0.4) is 0 Å². The van der Waals surface area contributed by atoms with Gasteiger partial charge in [-0.1, -0.05) is 0 Å². The molecule has 3 heterocycles. The molecule has 1 aromatic carbocycles. The van der Waals surface area contributed by atoms with E-state index >= 15 is 0 Å². The zero-order chi connectivity index (χ0) is 22.0. The number of benzene rings is 1. The van der Waals surface area contributed by atoms with Gasteiger partial charge in [-0.3, -0.25) is 19.6 Å². The van der Waals surface area contributed by atoms with Crippen molar-refractivity contribution in [1.29, 1.82) is 0 Å². The van der Waals surface area contributed by atoms with E-state index in [1.165, 1.54) is 31.2 Å². The molecule has 10 nitrogen and oxygen atoms in total. The SMILES string of the molecule is CCOC(=O)C1=C(C)[C@H]2OC(=O)[C@@]1(C)[C@H]1C(=O)N(c3ccc(N([O-])O)cc3)C(=O)[C@@H]21. The summed E-state index contributed by atoms with van der Waals surface area (Å²) in [4.78, 5) is 52.9. The number of hydrogen-bond donors (Lipinski definition) is 1. The molecule has 5 rings (SSSR count). The van der Waals surface area contributed by atoms with Crippen molar-refractivity contribution in [3.8, 4) is 0 Å². The van der Waals surface area contributed by atoms with Gasteiger partial charge in [0.2, 0.25) is 11.8 Å². The van der Waals surface area contributed by atoms with Crippen LogP contribution in [0.5, 0.6) is 0 Å². The molecule has 1 aromatic rings. The maximum atomic E-state index is 13.3. The number of hydrogen-bond acceptors (Lipinski definition) is 9. The van der Waals surface area contributed by atoms with Crippen LogP contribution in [0.15, 0.2) is 35.4 Å². The Bertz CT molecular complexity index is 999. The summed E-state index contributed by atoms with van der Waals surface area (Å²) in [5.74, 6) is -4.74. The third-order valence-electron chi connectivity index (χ3n) is 6.11. The molecule has 4 atom stereocenters. The Labute approximate surface area is 171 Å². The predicted octanol–water partition coefficient (Wildman–Crippen LogP) is 1.31. The molecule has 2 saturated heterocycles. The molecule has 1 N–H and O–H groups in total. The van der Waals surface area contributed by atoms with Gasteiger partial charge in [-0.15, -0.1) is 0 Å². The Kier molecular flexibility index (Phi) is 4.44. The molecule has 2 amide bonds. The summed E-state index contributed by atoms with van der Waals surface area (Å²) in [5, 5.41) is 19.6. The van der Waals surface area contributed by atoms with E-state index in [1.54, 1.807) is 13.8 Å². The number of carbonyl (C=O) groups excluding carboxylic acids is 4. The molecule has 0 spiro atoms. The summed E-state index contributed by atoms with van der Waals surface area (Å²) in [6.07, 6.45) is -1.04. The second kappa shape index (κ2) is 6.64. The minimum Gasteiger partial charge on any atom is -0.733 e. The van der Waals surface area contributed by atoms with E-state index in [2.05, 4.69) is 0 Å². The van der Waals surface area contributed by atoms with Crippen LogP contribution in [0.2, 0.25) is 0 Å². The Morgan fingerprint density at radius 2 is 1.90 bits per heavy atom. The van der Waals surface area contributed by atoms with Gasteiger partial charge in [0, 0.05) is 0 Å². The molecule has 2 fully saturated rings. The van der Waals surface area contributed by atoms with E-state index in [9.17, 15) is 24.4 Å². The highest BCUT2D eigenvalue weighted by atomic mass is 16.8. The first-order chi connectivity index (χ1) is 14.1. The molecule has 0 saturated carbocycles. The molecule has 0 aromatic heterocycles. The fraction of sp³-hybridized carbons (Fsp3) is 0.400. The predicted molar refractivity (Wildman–Crippen MR) is 101 cm³/mol. The minimum absolute atomic E-state index is 0.0625. The van der Waals surface area contributed by atoms with Crippen LogP contribution >= 0.6 is 0 Å². The molecule has 3 aliphatic heterocycles. The first kappa shape index (κ1) is 20.0. The molecule has 30 heavy (non-hydrogen) atoms. The van der Waals surface area contributed by atoms with Crippen LogP contribution in [-0.2, 0) is 28.7 Å². The normalized spacial score (nSPS) is 29.8. The lowest BCUT2D eigenvalue weighted by Crippen LogP contribution is -2.60. The number of fused-ring (bicyclic) bond motifs is 1. The van der Waals surface area contributed by atoms with Crippen molar-refractivity contribution >= 4 is 35.1 Å². The maximum Gasteiger partial charge on any atom is 0.335 e. The number of rotatable bonds is 4. The first-order valence-electron chi connectivity index (χ1n) is 9.38. The topological polar surface area (TPSA) is 137 Å². The van der Waals surface area contributed by atoms with Crippen LogP contribution in [0.1, 0.15) is 20.8 Å². The van der Waals surface area contributed by atoms with Gasteiger partial charge in [0.25, 0.3) is 0 Å². The van der Waals surface area contributed by atoms with Gasteiger partial charge in [0.1, 0.15) is 11.5 Å². The average Bonchev–Trinajstić information content (AvgIpc) is 2.96. The Morgan fingerprint density at radius 3 is 2.47 bits per heavy atom. The molecular formula is C20H19N2O8-. The van der Waals surface area contributed by atoms with Crippen molar-refractivity contribution in [3.63, 3.8) is 0 Å². The number of esters is 2. The third-order valence-corrected chi connectivity index (χ3v) is 6.11. The molecule has 0 unspecified atom stereocenters. The van der Waals surface area contributed by atoms with E-state index in [-0.39, 0.29) is 28.8 Å². The van der Waals surface area contributed by atoms with Gasteiger partial charge in [0.15, 0.2) is 0 Å². The second-order valence-electron chi connectivity index (χ2n) is 7.61. The van der Waals surface area contributed by atoms with Gasteiger partial charge in [-0.05, 0) is 50.6 Å². The standard InChI is InChI=1S/C20H19N2O8/c1-4-29-18(25)13-9(2)15-12-14(20(13,3)19(26)30-15)17(24)21(16(12)23)10-5-7-11(8-6-10)22(27)28/h5-8,12,14-15,27H,4H2,1-3H3/q-1/t12-,14-,15-,20-/m1/s1. The number of nitrogens with zero attached hydrogens (tertiary/aromatic N) is 2. The molecule has 1 aliphatic carbocycles. The van der Waals surface area contributed by atoms with Gasteiger partial charge < -0.3 is 19.9 Å². The summed E-state index contributed by atoms with van der Waals surface area (Å²) >= 11 is 0. The van der Waals surface area contributed by atoms with E-state index < -0.39 is 47.1 Å². The van der Waals surface area contributed by atoms with Crippen molar-refractivity contribution in [1.82, 2.24) is 0 Å². The number of imide groups is 1. The lowest BCUT2D eigenvalue weighted by atomic mass is 9.57. The highest BCUT2D eigenvalue weighted by Gasteiger charge is 2.71. The zero-order valence-corrected chi connectivity index (χ0v) is 16.4. The number of anilines is 2. The summed E-state index contributed by atoms with van der Waals surface area (Å²) in [6, 6.07) is 5.17. The largest absolute Gasteiger partial charge is 0.733 e. The fourth-order valence-corrected chi connectivity index (χ4v) is 4.77. The van der Waals surface area contributed by atoms with Crippen molar-refractivity contribution in [2.24, 2.45) is 17.3 Å². The zero-order valence-electron chi connectivity index (χ0n) is 16.4. The van der Waals surface area contributed by atoms with Gasteiger partial charge in [-0.2, -0.15) is 0 Å². The van der Waals surface area contributed by atoms with Crippen LogP contribution in [0, 0.1) is 22.5 Å². The van der Waals surface area contributed by atoms with Gasteiger partial charge >= 0.3 is 11.9 Å². The first-order valence-corrected chi connectivity index (χ1v) is 9.38. The van der Waals surface area contributed by atoms with Crippen LogP contribution in [0.4, 0.5) is 11.4 Å². The van der Waals surface area contributed by atoms with Crippen LogP contribution < -0.4 is 10.1 Å². The van der Waals surface area contributed by atoms with Gasteiger partial charge in [-0.25, -0.2) is 9.69 Å². The lowest BCUT2D eigenvalue weighted by Gasteiger charge is -2.48. The van der Waals surface area contributed by atoms with E-state index in [0.717, 1.165) is 4.90 Å². The summed E-state index contributed by atoms with van der Waals surface area (Å²) in [6.45, 7) is 4.74. The third kappa shape index (κ3) is 2.44. The molecule has 0 radical (unpaired) electrons. The number of amides is 2. The average molecular weight is 415 g/mol. The monoisotopic (exact) mass is 415 g/mol. The van der Waals surface area contributed by atoms with Crippen LogP contribution in [0.25, 0.3) is 0 Å². The summed E-state index contributed by atoms with van der Waals surface area (Å²) in [7, 11) is 0. The number of ether oxygens (including phenoxy) is 2. The quantitative estimate of drug-likeness (QED) is 0.438. The highest BCUT2D eigenvalue weighted by Crippen LogP contribution is 2.58. The van der Waals surface area contributed by atoms with E-state index in [4.69, 9.17) is 14.7 Å². The summed E-state index contributed by atoms with van der Waals surface area (Å²) < 4.78 is 10.5. The Hall–Kier alpha value is -3.24. The fourth-order valence-electron chi connectivity index (χ4n) is 4.77. The van der Waals surface area contributed by atoms with Crippen molar-refractivity contribution in [2.75, 3.05) is 16.7 Å². The van der Waals surface area contributed by atoms with E-state index in [1.807, 2.05) is 0 Å². The summed E-state index contributed by atoms with van der Waals surface area (Å²) in [5.41, 5.74) is -1.10.